The van der Waals surface area contributed by atoms with Crippen LogP contribution in [-0.2, 0) is 4.79 Å². The molecule has 188 valence electrons. The lowest BCUT2D eigenvalue weighted by atomic mass is 10.1. The lowest BCUT2D eigenvalue weighted by Gasteiger charge is -2.11. The summed E-state index contributed by atoms with van der Waals surface area (Å²) in [5.74, 6) is -7.84. The first-order valence-electron chi connectivity index (χ1n) is 10.0. The van der Waals surface area contributed by atoms with Crippen molar-refractivity contribution in [2.75, 3.05) is 16.4 Å². The van der Waals surface area contributed by atoms with Crippen molar-refractivity contribution in [3.8, 4) is 0 Å². The molecule has 2 atom stereocenters. The van der Waals surface area contributed by atoms with E-state index >= 15 is 0 Å². The van der Waals surface area contributed by atoms with Gasteiger partial charge in [0.05, 0.1) is 22.2 Å². The Bertz CT molecular complexity index is 1400. The molecule has 0 radical (unpaired) electrons. The van der Waals surface area contributed by atoms with Crippen LogP contribution in [0.25, 0.3) is 0 Å². The van der Waals surface area contributed by atoms with Crippen molar-refractivity contribution in [1.29, 1.82) is 0 Å². The minimum atomic E-state index is -1.66. The molecule has 4 N–H and O–H groups in total. The molecule has 3 aromatic rings. The van der Waals surface area contributed by atoms with Crippen molar-refractivity contribution < 1.29 is 27.2 Å². The molecule has 1 aliphatic rings. The van der Waals surface area contributed by atoms with Crippen LogP contribution >= 0.6 is 46.4 Å². The van der Waals surface area contributed by atoms with Gasteiger partial charge in [-0.1, -0.05) is 23.2 Å². The summed E-state index contributed by atoms with van der Waals surface area (Å²) < 4.78 is 53.6. The Labute approximate surface area is 221 Å². The number of halogens is 8. The molecule has 3 aromatic carbocycles. The van der Waals surface area contributed by atoms with Crippen LogP contribution in [0.2, 0.25) is 10.0 Å². The third-order valence-electron chi connectivity index (χ3n) is 5.55. The van der Waals surface area contributed by atoms with Crippen LogP contribution in [0, 0.1) is 29.2 Å². The van der Waals surface area contributed by atoms with Crippen LogP contribution in [0.5, 0.6) is 0 Å². The molecule has 0 saturated heterocycles. The second-order valence-electron chi connectivity index (χ2n) is 7.89. The van der Waals surface area contributed by atoms with E-state index in [0.29, 0.717) is 0 Å². The maximum Gasteiger partial charge on any atom is 0.257 e. The van der Waals surface area contributed by atoms with E-state index in [1.54, 1.807) is 0 Å². The smallest absolute Gasteiger partial charge is 0.257 e. The summed E-state index contributed by atoms with van der Waals surface area (Å²) in [5, 5.41) is 3.99. The van der Waals surface area contributed by atoms with Crippen LogP contribution in [0.4, 0.5) is 34.6 Å². The van der Waals surface area contributed by atoms with Crippen LogP contribution in [0.15, 0.2) is 42.5 Å². The van der Waals surface area contributed by atoms with Gasteiger partial charge in [0, 0.05) is 11.6 Å². The second kappa shape index (κ2) is 9.63. The summed E-state index contributed by atoms with van der Waals surface area (Å²) in [5.41, 5.74) is 4.11. The number of carbonyl (C=O) groups is 2. The second-order valence-corrected chi connectivity index (χ2v) is 10.1. The van der Waals surface area contributed by atoms with Gasteiger partial charge in [-0.25, -0.2) is 17.6 Å². The van der Waals surface area contributed by atoms with Crippen LogP contribution in [0.1, 0.15) is 21.8 Å². The highest BCUT2D eigenvalue weighted by Crippen LogP contribution is 2.65. The molecular formula is C23H13Cl4F4N3O2. The number of benzene rings is 3. The maximum atomic E-state index is 14.2. The predicted molar refractivity (Wildman–Crippen MR) is 131 cm³/mol. The molecule has 13 heteroatoms. The zero-order valence-electron chi connectivity index (χ0n) is 17.6. The fourth-order valence-corrected chi connectivity index (χ4v) is 4.82. The summed E-state index contributed by atoms with van der Waals surface area (Å²) in [4.78, 5) is 25.5. The highest BCUT2D eigenvalue weighted by Gasteiger charge is 2.67. The molecule has 1 saturated carbocycles. The fraction of sp³-hybridized carbons (Fsp3) is 0.130. The van der Waals surface area contributed by atoms with Crippen molar-refractivity contribution in [1.82, 2.24) is 0 Å². The summed E-state index contributed by atoms with van der Waals surface area (Å²) in [6, 6.07) is 7.60. The van der Waals surface area contributed by atoms with Gasteiger partial charge < -0.3 is 16.4 Å². The number of anilines is 3. The molecule has 0 aromatic heterocycles. The summed E-state index contributed by atoms with van der Waals surface area (Å²) in [6.07, 6.45) is 0. The van der Waals surface area contributed by atoms with E-state index in [0.717, 1.165) is 24.3 Å². The summed E-state index contributed by atoms with van der Waals surface area (Å²) in [7, 11) is 0. The number of amides is 2. The van der Waals surface area contributed by atoms with Crippen molar-refractivity contribution >= 4 is 75.3 Å². The van der Waals surface area contributed by atoms with E-state index in [2.05, 4.69) is 10.6 Å². The van der Waals surface area contributed by atoms with Crippen LogP contribution < -0.4 is 16.4 Å². The van der Waals surface area contributed by atoms with E-state index in [-0.39, 0.29) is 27.5 Å². The first-order chi connectivity index (χ1) is 16.8. The number of rotatable bonds is 5. The first kappa shape index (κ1) is 26.3. The molecule has 0 bridgehead atoms. The Morgan fingerprint density at radius 2 is 1.53 bits per heavy atom. The van der Waals surface area contributed by atoms with Gasteiger partial charge in [-0.2, -0.15) is 0 Å². The minimum absolute atomic E-state index is 0.0383. The van der Waals surface area contributed by atoms with Crippen LogP contribution in [0.3, 0.4) is 0 Å². The number of nitrogens with one attached hydrogen (secondary N) is 2. The SMILES string of the molecule is Nc1c(F)ccc(NC(=O)c2cc(NC(=O)C3C(c4cc(F)c(Cl)c(F)c4)C3(Cl)Cl)ccc2Cl)c1F. The van der Waals surface area contributed by atoms with Gasteiger partial charge in [-0.3, -0.25) is 9.59 Å². The largest absolute Gasteiger partial charge is 0.394 e. The van der Waals surface area contributed by atoms with Gasteiger partial charge in [-0.15, -0.1) is 23.2 Å². The molecule has 0 aliphatic heterocycles. The molecule has 0 spiro atoms. The molecule has 36 heavy (non-hydrogen) atoms. The van der Waals surface area contributed by atoms with Gasteiger partial charge in [-0.05, 0) is 48.0 Å². The number of hydrogen-bond acceptors (Lipinski definition) is 3. The van der Waals surface area contributed by atoms with E-state index in [9.17, 15) is 27.2 Å². The first-order valence-corrected chi connectivity index (χ1v) is 11.5. The Kier molecular flexibility index (Phi) is 7.04. The van der Waals surface area contributed by atoms with Gasteiger partial charge in [0.25, 0.3) is 5.91 Å². The number of nitrogen functional groups attached to an aromatic ring is 1. The summed E-state index contributed by atoms with van der Waals surface area (Å²) in [6.45, 7) is 0. The average molecular weight is 581 g/mol. The quantitative estimate of drug-likeness (QED) is 0.133. The fourth-order valence-electron chi connectivity index (χ4n) is 3.67. The molecule has 5 nitrogen and oxygen atoms in total. The highest BCUT2D eigenvalue weighted by molar-refractivity contribution is 6.53. The number of alkyl halides is 2. The number of hydrogen-bond donors (Lipinski definition) is 3. The molecule has 1 fully saturated rings. The average Bonchev–Trinajstić information content (AvgIpc) is 3.40. The Morgan fingerprint density at radius 3 is 2.17 bits per heavy atom. The van der Waals surface area contributed by atoms with Gasteiger partial charge in [0.1, 0.15) is 32.5 Å². The van der Waals surface area contributed by atoms with Crippen molar-refractivity contribution in [2.24, 2.45) is 5.92 Å². The summed E-state index contributed by atoms with van der Waals surface area (Å²) >= 11 is 24.0. The monoisotopic (exact) mass is 579 g/mol. The minimum Gasteiger partial charge on any atom is -0.394 e. The van der Waals surface area contributed by atoms with Gasteiger partial charge in [0.15, 0.2) is 5.82 Å². The number of carbonyl (C=O) groups excluding carboxylic acids is 2. The third-order valence-corrected chi connectivity index (χ3v) is 7.19. The zero-order valence-corrected chi connectivity index (χ0v) is 20.6. The predicted octanol–water partition coefficient (Wildman–Crippen LogP) is 6.91. The maximum absolute atomic E-state index is 14.2. The lowest BCUT2D eigenvalue weighted by Crippen LogP contribution is -2.18. The van der Waals surface area contributed by atoms with Crippen molar-refractivity contribution in [2.45, 2.75) is 10.3 Å². The normalized spacial score (nSPS) is 18.0. The molecule has 0 heterocycles. The standard InChI is InChI=1S/C23H13Cl4F4N3O2/c24-11-2-1-9(7-10(11)21(35)34-15-4-3-12(28)20(32)19(15)31)33-22(36)17-16(23(17,26)27)8-5-13(29)18(25)14(30)6-8/h1-7,16-17H,32H2,(H,33,36)(H,34,35). The van der Waals surface area contributed by atoms with E-state index < -0.39 is 62.0 Å². The highest BCUT2D eigenvalue weighted by atomic mass is 35.5. The lowest BCUT2D eigenvalue weighted by molar-refractivity contribution is -0.117. The zero-order chi connectivity index (χ0) is 26.5. The molecular weight excluding hydrogens is 568 g/mol. The Hall–Kier alpha value is -2.72. The molecule has 4 rings (SSSR count). The number of nitrogens with two attached hydrogens (primary N) is 1. The molecule has 1 aliphatic carbocycles. The van der Waals surface area contributed by atoms with E-state index in [1.807, 2.05) is 0 Å². The van der Waals surface area contributed by atoms with Crippen molar-refractivity contribution in [3.63, 3.8) is 0 Å². The van der Waals surface area contributed by atoms with Crippen molar-refractivity contribution in [3.05, 3.63) is 86.9 Å². The third kappa shape index (κ3) is 4.80. The van der Waals surface area contributed by atoms with Crippen LogP contribution in [-0.4, -0.2) is 16.1 Å². The molecule has 2 amide bonds. The topological polar surface area (TPSA) is 84.2 Å². The molecule has 2 unspecified atom stereocenters. The van der Waals surface area contributed by atoms with Gasteiger partial charge in [0.2, 0.25) is 5.91 Å². The van der Waals surface area contributed by atoms with E-state index in [1.165, 1.54) is 18.2 Å². The van der Waals surface area contributed by atoms with E-state index in [4.69, 9.17) is 52.1 Å². The van der Waals surface area contributed by atoms with Gasteiger partial charge >= 0.3 is 0 Å². The Balaban J connectivity index is 1.53. The Morgan fingerprint density at radius 1 is 0.889 bits per heavy atom.